The lowest BCUT2D eigenvalue weighted by molar-refractivity contribution is 0.624. The molecule has 3 rings (SSSR count). The normalized spacial score (nSPS) is 13.7. The van der Waals surface area contributed by atoms with E-state index in [4.69, 9.17) is 5.73 Å². The van der Waals surface area contributed by atoms with Crippen LogP contribution < -0.4 is 10.6 Å². The van der Waals surface area contributed by atoms with Crippen LogP contribution in [0.5, 0.6) is 0 Å². The van der Waals surface area contributed by atoms with Crippen LogP contribution in [-0.2, 0) is 13.0 Å². The molecule has 2 aromatic rings. The van der Waals surface area contributed by atoms with Gasteiger partial charge in [0.2, 0.25) is 0 Å². The van der Waals surface area contributed by atoms with Crippen molar-refractivity contribution in [2.75, 3.05) is 17.2 Å². The van der Waals surface area contributed by atoms with E-state index in [2.05, 4.69) is 11.0 Å². The second-order valence-corrected chi connectivity index (χ2v) is 4.69. The minimum Gasteiger partial charge on any atom is -0.399 e. The second kappa shape index (κ2) is 4.33. The van der Waals surface area contributed by atoms with Gasteiger partial charge in [-0.2, -0.15) is 0 Å². The molecule has 2 aromatic carbocycles. The number of fused-ring (bicyclic) bond motifs is 1. The quantitative estimate of drug-likeness (QED) is 0.820. The number of benzene rings is 2. The third-order valence-corrected chi connectivity index (χ3v) is 3.36. The lowest BCUT2D eigenvalue weighted by Crippen LogP contribution is -2.19. The van der Waals surface area contributed by atoms with Crippen molar-refractivity contribution in [1.82, 2.24) is 0 Å². The SMILES string of the molecule is Nc1ccc2c(c1)CCN2Cc1cccc(F)c1. The van der Waals surface area contributed by atoms with Gasteiger partial charge in [-0.25, -0.2) is 4.39 Å². The lowest BCUT2D eigenvalue weighted by Gasteiger charge is -2.19. The molecule has 0 spiro atoms. The van der Waals surface area contributed by atoms with Gasteiger partial charge >= 0.3 is 0 Å². The molecule has 1 aliphatic rings. The molecule has 2 N–H and O–H groups in total. The molecule has 0 aliphatic carbocycles. The summed E-state index contributed by atoms with van der Waals surface area (Å²) in [4.78, 5) is 2.27. The molecule has 0 unspecified atom stereocenters. The van der Waals surface area contributed by atoms with Crippen molar-refractivity contribution in [3.8, 4) is 0 Å². The van der Waals surface area contributed by atoms with Crippen LogP contribution in [0.4, 0.5) is 15.8 Å². The van der Waals surface area contributed by atoms with Crippen molar-refractivity contribution in [3.05, 3.63) is 59.4 Å². The molecule has 0 aromatic heterocycles. The first-order chi connectivity index (χ1) is 8.72. The summed E-state index contributed by atoms with van der Waals surface area (Å²) in [5.74, 6) is -0.177. The van der Waals surface area contributed by atoms with Crippen molar-refractivity contribution in [3.63, 3.8) is 0 Å². The van der Waals surface area contributed by atoms with Crippen LogP contribution in [0, 0.1) is 5.82 Å². The Hall–Kier alpha value is -2.03. The van der Waals surface area contributed by atoms with Crippen LogP contribution in [0.15, 0.2) is 42.5 Å². The molecular weight excluding hydrogens is 227 g/mol. The fourth-order valence-electron chi connectivity index (χ4n) is 2.51. The Kier molecular flexibility index (Phi) is 2.67. The van der Waals surface area contributed by atoms with E-state index in [9.17, 15) is 4.39 Å². The van der Waals surface area contributed by atoms with Gasteiger partial charge in [-0.3, -0.25) is 0 Å². The second-order valence-electron chi connectivity index (χ2n) is 4.69. The van der Waals surface area contributed by atoms with E-state index in [-0.39, 0.29) is 5.82 Å². The van der Waals surface area contributed by atoms with Gasteiger partial charge in [0.15, 0.2) is 0 Å². The van der Waals surface area contributed by atoms with Gasteiger partial charge in [-0.15, -0.1) is 0 Å². The Morgan fingerprint density at radius 2 is 2.06 bits per heavy atom. The van der Waals surface area contributed by atoms with Crippen molar-refractivity contribution in [1.29, 1.82) is 0 Å². The van der Waals surface area contributed by atoms with Crippen molar-refractivity contribution >= 4 is 11.4 Å². The standard InChI is InChI=1S/C15H15FN2/c16-13-3-1-2-11(8-13)10-18-7-6-12-9-14(17)4-5-15(12)18/h1-5,8-9H,6-7,10,17H2. The summed E-state index contributed by atoms with van der Waals surface area (Å²) in [7, 11) is 0. The zero-order chi connectivity index (χ0) is 12.5. The number of anilines is 2. The molecule has 0 bridgehead atoms. The third-order valence-electron chi connectivity index (χ3n) is 3.36. The van der Waals surface area contributed by atoms with E-state index in [0.717, 1.165) is 30.8 Å². The summed E-state index contributed by atoms with van der Waals surface area (Å²) in [5.41, 5.74) is 10.1. The number of hydrogen-bond acceptors (Lipinski definition) is 2. The Morgan fingerprint density at radius 3 is 2.89 bits per heavy atom. The Bertz CT molecular complexity index is 580. The topological polar surface area (TPSA) is 29.3 Å². The van der Waals surface area contributed by atoms with Gasteiger partial charge in [-0.05, 0) is 47.9 Å². The first kappa shape index (κ1) is 11.1. The molecular formula is C15H15FN2. The first-order valence-electron chi connectivity index (χ1n) is 6.10. The van der Waals surface area contributed by atoms with Gasteiger partial charge in [0.05, 0.1) is 0 Å². The molecule has 0 amide bonds. The molecule has 3 heteroatoms. The zero-order valence-electron chi connectivity index (χ0n) is 10.1. The summed E-state index contributed by atoms with van der Waals surface area (Å²) in [6.07, 6.45) is 1.01. The van der Waals surface area contributed by atoms with E-state index in [1.807, 2.05) is 18.2 Å². The maximum Gasteiger partial charge on any atom is 0.123 e. The van der Waals surface area contributed by atoms with Gasteiger partial charge in [-0.1, -0.05) is 12.1 Å². The smallest absolute Gasteiger partial charge is 0.123 e. The van der Waals surface area contributed by atoms with Crippen molar-refractivity contribution < 1.29 is 4.39 Å². The minimum atomic E-state index is -0.177. The van der Waals surface area contributed by atoms with Crippen LogP contribution >= 0.6 is 0 Å². The number of hydrogen-bond donors (Lipinski definition) is 1. The average molecular weight is 242 g/mol. The van der Waals surface area contributed by atoms with E-state index >= 15 is 0 Å². The van der Waals surface area contributed by atoms with Crippen molar-refractivity contribution in [2.45, 2.75) is 13.0 Å². The molecule has 0 atom stereocenters. The van der Waals surface area contributed by atoms with Crippen LogP contribution in [0.2, 0.25) is 0 Å². The van der Waals surface area contributed by atoms with E-state index in [1.165, 1.54) is 17.3 Å². The highest BCUT2D eigenvalue weighted by Gasteiger charge is 2.18. The number of halogens is 1. The highest BCUT2D eigenvalue weighted by molar-refractivity contribution is 5.63. The summed E-state index contributed by atoms with van der Waals surface area (Å²) in [6.45, 7) is 1.71. The minimum absolute atomic E-state index is 0.177. The number of nitrogens with two attached hydrogens (primary N) is 1. The molecule has 0 saturated heterocycles. The largest absolute Gasteiger partial charge is 0.399 e. The fraction of sp³-hybridized carbons (Fsp3) is 0.200. The Morgan fingerprint density at radius 1 is 1.17 bits per heavy atom. The molecule has 1 aliphatic heterocycles. The predicted molar refractivity (Wildman–Crippen MR) is 72.0 cm³/mol. The molecule has 18 heavy (non-hydrogen) atoms. The monoisotopic (exact) mass is 242 g/mol. The van der Waals surface area contributed by atoms with Gasteiger partial charge in [0, 0.05) is 24.5 Å². The van der Waals surface area contributed by atoms with Gasteiger partial charge in [0.25, 0.3) is 0 Å². The molecule has 2 nitrogen and oxygen atoms in total. The van der Waals surface area contributed by atoms with Crippen LogP contribution in [0.1, 0.15) is 11.1 Å². The first-order valence-corrected chi connectivity index (χ1v) is 6.10. The van der Waals surface area contributed by atoms with E-state index in [1.54, 1.807) is 12.1 Å². The van der Waals surface area contributed by atoms with Crippen LogP contribution in [0.3, 0.4) is 0 Å². The number of rotatable bonds is 2. The lowest BCUT2D eigenvalue weighted by atomic mass is 10.1. The van der Waals surface area contributed by atoms with Gasteiger partial charge in [0.1, 0.15) is 5.82 Å². The number of nitrogen functional groups attached to an aromatic ring is 1. The maximum atomic E-state index is 13.2. The van der Waals surface area contributed by atoms with Gasteiger partial charge < -0.3 is 10.6 Å². The Balaban J connectivity index is 1.85. The molecule has 0 fully saturated rings. The van der Waals surface area contributed by atoms with Crippen molar-refractivity contribution in [2.24, 2.45) is 0 Å². The summed E-state index contributed by atoms with van der Waals surface area (Å²) < 4.78 is 13.2. The molecule has 1 heterocycles. The van der Waals surface area contributed by atoms with E-state index in [0.29, 0.717) is 0 Å². The summed E-state index contributed by atoms with van der Waals surface area (Å²) in [5, 5.41) is 0. The maximum absolute atomic E-state index is 13.2. The third kappa shape index (κ3) is 2.04. The zero-order valence-corrected chi connectivity index (χ0v) is 10.1. The summed E-state index contributed by atoms with van der Waals surface area (Å²) in [6, 6.07) is 12.8. The predicted octanol–water partition coefficient (Wildman–Crippen LogP) is 2.97. The highest BCUT2D eigenvalue weighted by Crippen LogP contribution is 2.30. The fourth-order valence-corrected chi connectivity index (χ4v) is 2.51. The van der Waals surface area contributed by atoms with Crippen LogP contribution in [0.25, 0.3) is 0 Å². The highest BCUT2D eigenvalue weighted by atomic mass is 19.1. The molecule has 0 radical (unpaired) electrons. The Labute approximate surface area is 106 Å². The summed E-state index contributed by atoms with van der Waals surface area (Å²) >= 11 is 0. The average Bonchev–Trinajstić information content (AvgIpc) is 2.72. The van der Waals surface area contributed by atoms with Crippen LogP contribution in [-0.4, -0.2) is 6.54 Å². The van der Waals surface area contributed by atoms with E-state index < -0.39 is 0 Å². The number of nitrogens with zero attached hydrogens (tertiary/aromatic N) is 1. The molecule has 0 saturated carbocycles. The molecule has 92 valence electrons.